The SMILES string of the molecule is Cn1ccnc1[C@H](NC(=O)[C@H]1CC(=O)N(c2ccc3c(c2)OCCO3)C1)c1ccccc1F. The van der Waals surface area contributed by atoms with Gasteiger partial charge in [-0.25, -0.2) is 9.37 Å². The monoisotopic (exact) mass is 450 g/mol. The van der Waals surface area contributed by atoms with Crippen LogP contribution in [0.2, 0.25) is 0 Å². The summed E-state index contributed by atoms with van der Waals surface area (Å²) in [6.07, 6.45) is 3.39. The number of aromatic nitrogens is 2. The van der Waals surface area contributed by atoms with Crippen LogP contribution < -0.4 is 19.7 Å². The van der Waals surface area contributed by atoms with Crippen LogP contribution in [0.3, 0.4) is 0 Å². The molecule has 2 aromatic carbocycles. The zero-order chi connectivity index (χ0) is 22.9. The normalized spacial score (nSPS) is 18.3. The average molecular weight is 450 g/mol. The van der Waals surface area contributed by atoms with E-state index in [0.29, 0.717) is 41.8 Å². The molecular formula is C24H23FN4O4. The Morgan fingerprint density at radius 3 is 2.73 bits per heavy atom. The topological polar surface area (TPSA) is 85.7 Å². The van der Waals surface area contributed by atoms with Crippen molar-refractivity contribution in [2.75, 3.05) is 24.7 Å². The Labute approximate surface area is 189 Å². The molecule has 5 rings (SSSR count). The van der Waals surface area contributed by atoms with Crippen LogP contribution >= 0.6 is 0 Å². The highest BCUT2D eigenvalue weighted by atomic mass is 19.1. The van der Waals surface area contributed by atoms with Crippen molar-refractivity contribution in [3.05, 3.63) is 72.1 Å². The van der Waals surface area contributed by atoms with Gasteiger partial charge in [0.2, 0.25) is 11.8 Å². The number of carbonyl (C=O) groups excluding carboxylic acids is 2. The number of imidazole rings is 1. The maximum Gasteiger partial charge on any atom is 0.227 e. The van der Waals surface area contributed by atoms with Gasteiger partial charge in [0.1, 0.15) is 30.9 Å². The number of fused-ring (bicyclic) bond motifs is 1. The lowest BCUT2D eigenvalue weighted by molar-refractivity contribution is -0.126. The zero-order valence-electron chi connectivity index (χ0n) is 18.0. The van der Waals surface area contributed by atoms with E-state index in [1.807, 2.05) is 0 Å². The number of carbonyl (C=O) groups is 2. The first-order valence-electron chi connectivity index (χ1n) is 10.7. The van der Waals surface area contributed by atoms with Crippen molar-refractivity contribution < 1.29 is 23.5 Å². The number of hydrogen-bond donors (Lipinski definition) is 1. The number of rotatable bonds is 5. The molecule has 1 saturated heterocycles. The van der Waals surface area contributed by atoms with Gasteiger partial charge in [-0.3, -0.25) is 9.59 Å². The molecule has 2 aliphatic heterocycles. The fourth-order valence-electron chi connectivity index (χ4n) is 4.24. The molecule has 9 heteroatoms. The van der Waals surface area contributed by atoms with Crippen LogP contribution in [-0.2, 0) is 16.6 Å². The minimum absolute atomic E-state index is 0.0603. The number of halogens is 1. The minimum Gasteiger partial charge on any atom is -0.486 e. The summed E-state index contributed by atoms with van der Waals surface area (Å²) >= 11 is 0. The van der Waals surface area contributed by atoms with Crippen molar-refractivity contribution in [1.82, 2.24) is 14.9 Å². The Bertz CT molecular complexity index is 1210. The minimum atomic E-state index is -0.780. The van der Waals surface area contributed by atoms with Crippen molar-refractivity contribution >= 4 is 17.5 Å². The van der Waals surface area contributed by atoms with Crippen molar-refractivity contribution in [3.63, 3.8) is 0 Å². The summed E-state index contributed by atoms with van der Waals surface area (Å²) in [5.41, 5.74) is 0.961. The van der Waals surface area contributed by atoms with Crippen molar-refractivity contribution in [1.29, 1.82) is 0 Å². The smallest absolute Gasteiger partial charge is 0.227 e. The maximum absolute atomic E-state index is 14.6. The number of amides is 2. The standard InChI is InChI=1S/C24H23FN4O4/c1-28-9-8-26-23(28)22(17-4-2-3-5-18(17)25)27-24(31)15-12-21(30)29(14-15)16-6-7-19-20(13-16)33-11-10-32-19/h2-9,13,15,22H,10-12,14H2,1H3,(H,27,31)/t15-,22+/m0/s1. The number of nitrogens with zero attached hydrogens (tertiary/aromatic N) is 3. The molecule has 33 heavy (non-hydrogen) atoms. The first kappa shape index (κ1) is 21.0. The summed E-state index contributed by atoms with van der Waals surface area (Å²) in [7, 11) is 1.78. The molecule has 0 unspecified atom stereocenters. The molecule has 0 radical (unpaired) electrons. The van der Waals surface area contributed by atoms with Crippen LogP contribution in [0.25, 0.3) is 0 Å². The third-order valence-corrected chi connectivity index (χ3v) is 5.95. The molecule has 2 aliphatic rings. The van der Waals surface area contributed by atoms with Gasteiger partial charge in [0.25, 0.3) is 0 Å². The molecule has 1 N–H and O–H groups in total. The third-order valence-electron chi connectivity index (χ3n) is 5.95. The Morgan fingerprint density at radius 1 is 1.18 bits per heavy atom. The predicted molar refractivity (Wildman–Crippen MR) is 117 cm³/mol. The predicted octanol–water partition coefficient (Wildman–Crippen LogP) is 2.59. The second-order valence-corrected chi connectivity index (χ2v) is 8.09. The molecule has 1 aromatic heterocycles. The van der Waals surface area contributed by atoms with Crippen LogP contribution in [0.4, 0.5) is 10.1 Å². The van der Waals surface area contributed by atoms with E-state index >= 15 is 0 Å². The molecule has 8 nitrogen and oxygen atoms in total. The molecule has 3 heterocycles. The molecule has 2 amide bonds. The van der Waals surface area contributed by atoms with E-state index in [9.17, 15) is 14.0 Å². The molecule has 0 bridgehead atoms. The van der Waals surface area contributed by atoms with E-state index in [1.54, 1.807) is 65.3 Å². The van der Waals surface area contributed by atoms with Crippen molar-refractivity contribution in [2.24, 2.45) is 13.0 Å². The molecular weight excluding hydrogens is 427 g/mol. The Morgan fingerprint density at radius 2 is 1.97 bits per heavy atom. The molecule has 170 valence electrons. The summed E-state index contributed by atoms with van der Waals surface area (Å²) < 4.78 is 27.5. The van der Waals surface area contributed by atoms with Crippen molar-refractivity contribution in [3.8, 4) is 11.5 Å². The lowest BCUT2D eigenvalue weighted by Gasteiger charge is -2.23. The molecule has 0 spiro atoms. The van der Waals surface area contributed by atoms with Gasteiger partial charge in [-0.2, -0.15) is 0 Å². The van der Waals surface area contributed by atoms with Gasteiger partial charge in [-0.15, -0.1) is 0 Å². The summed E-state index contributed by atoms with van der Waals surface area (Å²) in [4.78, 5) is 31.8. The van der Waals surface area contributed by atoms with Gasteiger partial charge >= 0.3 is 0 Å². The second-order valence-electron chi connectivity index (χ2n) is 8.09. The summed E-state index contributed by atoms with van der Waals surface area (Å²) in [5.74, 6) is 0.196. The average Bonchev–Trinajstić information content (AvgIpc) is 3.43. The summed E-state index contributed by atoms with van der Waals surface area (Å²) in [5, 5.41) is 2.92. The molecule has 2 atom stereocenters. The number of anilines is 1. The van der Waals surface area contributed by atoms with Crippen LogP contribution in [0.15, 0.2) is 54.9 Å². The van der Waals surface area contributed by atoms with Gasteiger partial charge in [-0.1, -0.05) is 18.2 Å². The van der Waals surface area contributed by atoms with E-state index < -0.39 is 17.8 Å². The van der Waals surface area contributed by atoms with E-state index in [0.717, 1.165) is 0 Å². The number of hydrogen-bond acceptors (Lipinski definition) is 5. The number of ether oxygens (including phenoxy) is 2. The first-order chi connectivity index (χ1) is 16.0. The van der Waals surface area contributed by atoms with Crippen LogP contribution in [-0.4, -0.2) is 41.1 Å². The zero-order valence-corrected chi connectivity index (χ0v) is 18.0. The number of benzene rings is 2. The van der Waals surface area contributed by atoms with Gasteiger partial charge in [0, 0.05) is 49.7 Å². The van der Waals surface area contributed by atoms with Gasteiger partial charge in [0.05, 0.1) is 5.92 Å². The summed E-state index contributed by atoms with van der Waals surface area (Å²) in [6.45, 7) is 1.14. The number of nitrogens with one attached hydrogen (secondary N) is 1. The third kappa shape index (κ3) is 4.02. The molecule has 0 aliphatic carbocycles. The maximum atomic E-state index is 14.6. The first-order valence-corrected chi connectivity index (χ1v) is 10.7. The lowest BCUT2D eigenvalue weighted by atomic mass is 10.0. The molecule has 3 aromatic rings. The largest absolute Gasteiger partial charge is 0.486 e. The second kappa shape index (κ2) is 8.57. The van der Waals surface area contributed by atoms with Gasteiger partial charge in [-0.05, 0) is 18.2 Å². The van der Waals surface area contributed by atoms with Crippen LogP contribution in [0, 0.1) is 11.7 Å². The fraction of sp³-hybridized carbons (Fsp3) is 0.292. The highest BCUT2D eigenvalue weighted by Gasteiger charge is 2.37. The Balaban J connectivity index is 1.36. The highest BCUT2D eigenvalue weighted by molar-refractivity contribution is 6.00. The highest BCUT2D eigenvalue weighted by Crippen LogP contribution is 2.36. The lowest BCUT2D eigenvalue weighted by Crippen LogP contribution is -2.37. The Hall–Kier alpha value is -3.88. The van der Waals surface area contributed by atoms with Gasteiger partial charge < -0.3 is 24.3 Å². The molecule has 1 fully saturated rings. The van der Waals surface area contributed by atoms with E-state index in [2.05, 4.69) is 10.3 Å². The fourth-order valence-corrected chi connectivity index (χ4v) is 4.24. The van der Waals surface area contributed by atoms with E-state index in [1.165, 1.54) is 6.07 Å². The van der Waals surface area contributed by atoms with E-state index in [4.69, 9.17) is 9.47 Å². The van der Waals surface area contributed by atoms with E-state index in [-0.39, 0.29) is 24.8 Å². The van der Waals surface area contributed by atoms with Crippen LogP contribution in [0.1, 0.15) is 23.9 Å². The van der Waals surface area contributed by atoms with Gasteiger partial charge in [0.15, 0.2) is 11.5 Å². The molecule has 0 saturated carbocycles. The van der Waals surface area contributed by atoms with Crippen molar-refractivity contribution in [2.45, 2.75) is 12.5 Å². The number of aryl methyl sites for hydroxylation is 1. The quantitative estimate of drug-likeness (QED) is 0.646. The van der Waals surface area contributed by atoms with Crippen LogP contribution in [0.5, 0.6) is 11.5 Å². The Kier molecular flexibility index (Phi) is 5.45. The summed E-state index contributed by atoms with van der Waals surface area (Å²) in [6, 6.07) is 10.8.